The molecule has 0 aliphatic carbocycles. The second-order valence-electron chi connectivity index (χ2n) is 5.49. The summed E-state index contributed by atoms with van der Waals surface area (Å²) in [5.74, 6) is -0.340. The van der Waals surface area contributed by atoms with Crippen molar-refractivity contribution in [3.05, 3.63) is 51.6 Å². The van der Waals surface area contributed by atoms with Gasteiger partial charge in [-0.3, -0.25) is 14.9 Å². The number of rotatable bonds is 4. The van der Waals surface area contributed by atoms with E-state index in [2.05, 4.69) is 43.5 Å². The molecule has 138 valence electrons. The second-order valence-corrected chi connectivity index (χ2v) is 8.09. The van der Waals surface area contributed by atoms with Crippen LogP contribution >= 0.6 is 46.1 Å². The van der Waals surface area contributed by atoms with Gasteiger partial charge in [-0.05, 0) is 65.1 Å². The molecule has 3 rings (SSSR count). The summed E-state index contributed by atoms with van der Waals surface area (Å²) >= 11 is 8.73. The van der Waals surface area contributed by atoms with E-state index in [9.17, 15) is 9.59 Å². The number of benzene rings is 2. The van der Waals surface area contributed by atoms with E-state index in [1.807, 2.05) is 30.3 Å². The summed E-state index contributed by atoms with van der Waals surface area (Å²) in [5, 5.41) is 9.21. The van der Waals surface area contributed by atoms with Crippen LogP contribution in [0, 0.1) is 3.57 Å². The lowest BCUT2D eigenvalue weighted by Crippen LogP contribution is -2.34. The molecule has 1 heterocycles. The van der Waals surface area contributed by atoms with Gasteiger partial charge >= 0.3 is 0 Å². The average Bonchev–Trinajstić information content (AvgIpc) is 3.03. The Morgan fingerprint density at radius 3 is 2.70 bits per heavy atom. The van der Waals surface area contributed by atoms with Crippen LogP contribution in [0.15, 0.2) is 42.5 Å². The summed E-state index contributed by atoms with van der Waals surface area (Å²) in [6, 6.07) is 12.8. The maximum Gasteiger partial charge on any atom is 0.258 e. The molecule has 2 amide bonds. The van der Waals surface area contributed by atoms with E-state index in [-0.39, 0.29) is 16.9 Å². The molecule has 2 aromatic carbocycles. The topological polar surface area (TPSA) is 83.1 Å². The zero-order chi connectivity index (χ0) is 19.4. The minimum atomic E-state index is -0.263. The van der Waals surface area contributed by atoms with Crippen LogP contribution in [0.5, 0.6) is 0 Å². The van der Waals surface area contributed by atoms with Crippen molar-refractivity contribution in [1.82, 2.24) is 10.3 Å². The smallest absolute Gasteiger partial charge is 0.258 e. The highest BCUT2D eigenvalue weighted by Crippen LogP contribution is 2.28. The molecule has 0 bridgehead atoms. The van der Waals surface area contributed by atoms with E-state index in [1.54, 1.807) is 19.1 Å². The third-order valence-corrected chi connectivity index (χ3v) is 5.64. The summed E-state index contributed by atoms with van der Waals surface area (Å²) in [6.45, 7) is 1.79. The molecule has 0 spiro atoms. The van der Waals surface area contributed by atoms with Gasteiger partial charge in [-0.15, -0.1) is 0 Å². The van der Waals surface area contributed by atoms with Crippen molar-refractivity contribution in [1.29, 1.82) is 0 Å². The van der Waals surface area contributed by atoms with Crippen LogP contribution in [0.3, 0.4) is 0 Å². The molecule has 0 saturated carbocycles. The molecule has 0 radical (unpaired) electrons. The Balaban J connectivity index is 1.68. The second kappa shape index (κ2) is 8.72. The summed E-state index contributed by atoms with van der Waals surface area (Å²) < 4.78 is 1.75. The normalized spacial score (nSPS) is 10.4. The van der Waals surface area contributed by atoms with Crippen LogP contribution in [-0.2, 0) is 4.79 Å². The fourth-order valence-corrected chi connectivity index (χ4v) is 4.01. The first kappa shape index (κ1) is 19.6. The number of aromatic nitrogens is 1. The Morgan fingerprint density at radius 2 is 1.96 bits per heavy atom. The average molecular weight is 510 g/mol. The number of hydrogen-bond donors (Lipinski definition) is 3. The Morgan fingerprint density at radius 1 is 1.19 bits per heavy atom. The number of nitrogens with one attached hydrogen (secondary N) is 3. The van der Waals surface area contributed by atoms with E-state index in [0.717, 1.165) is 19.5 Å². The van der Waals surface area contributed by atoms with E-state index in [1.165, 1.54) is 11.3 Å². The van der Waals surface area contributed by atoms with Gasteiger partial charge in [0.05, 0.1) is 15.8 Å². The Bertz CT molecular complexity index is 1040. The standard InChI is InChI=1S/C18H15IN4O2S2/c1-2-15(24)22-18-21-13-8-7-10(9-14(13)27-18)20-17(26)23-16(25)11-5-3-4-6-12(11)19/h3-9H,2H2,1H3,(H,21,22,24)(H2,20,23,25,26). The lowest BCUT2D eigenvalue weighted by Gasteiger charge is -2.10. The zero-order valence-corrected chi connectivity index (χ0v) is 18.0. The Hall–Kier alpha value is -2.11. The van der Waals surface area contributed by atoms with Crippen molar-refractivity contribution in [2.24, 2.45) is 0 Å². The van der Waals surface area contributed by atoms with Gasteiger partial charge in [-0.2, -0.15) is 0 Å². The molecule has 1 aromatic heterocycles. The van der Waals surface area contributed by atoms with Crippen LogP contribution in [0.1, 0.15) is 23.7 Å². The lowest BCUT2D eigenvalue weighted by atomic mass is 10.2. The molecule has 0 fully saturated rings. The molecular formula is C18H15IN4O2S2. The number of hydrogen-bond acceptors (Lipinski definition) is 5. The van der Waals surface area contributed by atoms with Gasteiger partial charge in [0, 0.05) is 15.7 Å². The molecule has 0 atom stereocenters. The van der Waals surface area contributed by atoms with E-state index in [4.69, 9.17) is 12.2 Å². The number of fused-ring (bicyclic) bond motifs is 1. The number of anilines is 2. The van der Waals surface area contributed by atoms with Gasteiger partial charge in [0.25, 0.3) is 5.91 Å². The van der Waals surface area contributed by atoms with Crippen molar-refractivity contribution in [3.8, 4) is 0 Å². The minimum Gasteiger partial charge on any atom is -0.332 e. The van der Waals surface area contributed by atoms with Gasteiger partial charge in [0.2, 0.25) is 5.91 Å². The predicted molar refractivity (Wildman–Crippen MR) is 121 cm³/mol. The predicted octanol–water partition coefficient (Wildman–Crippen LogP) is 4.38. The van der Waals surface area contributed by atoms with Gasteiger partial charge in [0.15, 0.2) is 10.2 Å². The fraction of sp³-hybridized carbons (Fsp3) is 0.111. The van der Waals surface area contributed by atoms with Crippen molar-refractivity contribution >= 4 is 84.1 Å². The highest BCUT2D eigenvalue weighted by atomic mass is 127. The fourth-order valence-electron chi connectivity index (χ4n) is 2.24. The summed E-state index contributed by atoms with van der Waals surface area (Å²) in [6.07, 6.45) is 0.400. The number of nitrogens with zero attached hydrogens (tertiary/aromatic N) is 1. The highest BCUT2D eigenvalue weighted by molar-refractivity contribution is 14.1. The maximum atomic E-state index is 12.3. The quantitative estimate of drug-likeness (QED) is 0.359. The Kier molecular flexibility index (Phi) is 6.34. The molecule has 3 aromatic rings. The van der Waals surface area contributed by atoms with Crippen molar-refractivity contribution in [2.75, 3.05) is 10.6 Å². The molecule has 0 aliphatic heterocycles. The maximum absolute atomic E-state index is 12.3. The summed E-state index contributed by atoms with van der Waals surface area (Å²) in [4.78, 5) is 28.2. The largest absolute Gasteiger partial charge is 0.332 e. The first-order valence-electron chi connectivity index (χ1n) is 8.03. The number of thiocarbonyl (C=S) groups is 1. The molecule has 6 nitrogen and oxygen atoms in total. The van der Waals surface area contributed by atoms with Crippen LogP contribution in [0.25, 0.3) is 10.2 Å². The monoisotopic (exact) mass is 510 g/mol. The molecule has 0 aliphatic rings. The summed E-state index contributed by atoms with van der Waals surface area (Å²) in [5.41, 5.74) is 2.08. The third kappa shape index (κ3) is 4.99. The number of halogens is 1. The molecular weight excluding hydrogens is 495 g/mol. The number of carbonyl (C=O) groups is 2. The highest BCUT2D eigenvalue weighted by Gasteiger charge is 2.12. The molecule has 0 unspecified atom stereocenters. The van der Waals surface area contributed by atoms with E-state index >= 15 is 0 Å². The molecule has 27 heavy (non-hydrogen) atoms. The van der Waals surface area contributed by atoms with Gasteiger partial charge in [-0.1, -0.05) is 30.4 Å². The minimum absolute atomic E-state index is 0.0770. The molecule has 0 saturated heterocycles. The van der Waals surface area contributed by atoms with Crippen LogP contribution < -0.4 is 16.0 Å². The van der Waals surface area contributed by atoms with Gasteiger partial charge in [-0.25, -0.2) is 4.98 Å². The van der Waals surface area contributed by atoms with Crippen LogP contribution in [0.2, 0.25) is 0 Å². The molecule has 3 N–H and O–H groups in total. The first-order chi connectivity index (χ1) is 13.0. The number of carbonyl (C=O) groups excluding carboxylic acids is 2. The Labute approximate surface area is 178 Å². The third-order valence-electron chi connectivity index (χ3n) is 3.56. The van der Waals surface area contributed by atoms with Crippen molar-refractivity contribution in [2.45, 2.75) is 13.3 Å². The summed E-state index contributed by atoms with van der Waals surface area (Å²) in [7, 11) is 0. The van der Waals surface area contributed by atoms with E-state index < -0.39 is 0 Å². The van der Waals surface area contributed by atoms with Crippen LogP contribution in [0.4, 0.5) is 10.8 Å². The zero-order valence-electron chi connectivity index (χ0n) is 14.2. The first-order valence-corrected chi connectivity index (χ1v) is 10.3. The van der Waals surface area contributed by atoms with E-state index in [0.29, 0.717) is 17.1 Å². The number of thiazole rings is 1. The van der Waals surface area contributed by atoms with Gasteiger partial charge < -0.3 is 10.6 Å². The van der Waals surface area contributed by atoms with Crippen LogP contribution in [-0.4, -0.2) is 21.9 Å². The van der Waals surface area contributed by atoms with Crippen molar-refractivity contribution < 1.29 is 9.59 Å². The lowest BCUT2D eigenvalue weighted by molar-refractivity contribution is -0.115. The van der Waals surface area contributed by atoms with Gasteiger partial charge in [0.1, 0.15) is 0 Å². The molecule has 9 heteroatoms. The SMILES string of the molecule is CCC(=O)Nc1nc2ccc(NC(=S)NC(=O)c3ccccc3I)cc2s1. The number of amides is 2. The van der Waals surface area contributed by atoms with Crippen molar-refractivity contribution in [3.63, 3.8) is 0 Å².